The van der Waals surface area contributed by atoms with E-state index in [9.17, 15) is 9.59 Å². The second-order valence-electron chi connectivity index (χ2n) is 10.5. The number of hydrogen-bond donors (Lipinski definition) is 0. The number of anilines is 2. The lowest BCUT2D eigenvalue weighted by Crippen LogP contribution is -2.35. The smallest absolute Gasteiger partial charge is 0.276 e. The first-order chi connectivity index (χ1) is 19.7. The van der Waals surface area contributed by atoms with Gasteiger partial charge in [0.25, 0.3) is 11.8 Å². The number of amides is 2. The minimum Gasteiger partial charge on any atom is -0.307 e. The van der Waals surface area contributed by atoms with Gasteiger partial charge >= 0.3 is 0 Å². The number of carbonyl (C=O) groups is 2. The molecule has 0 aliphatic carbocycles. The minimum atomic E-state index is -0.170. The molecule has 0 bridgehead atoms. The van der Waals surface area contributed by atoms with Crippen molar-refractivity contribution in [1.82, 2.24) is 4.98 Å². The topological polar surface area (TPSA) is 53.5 Å². The highest BCUT2D eigenvalue weighted by Crippen LogP contribution is 2.21. The third kappa shape index (κ3) is 9.93. The maximum atomic E-state index is 13.8. The largest absolute Gasteiger partial charge is 0.307 e. The van der Waals surface area contributed by atoms with E-state index in [2.05, 4.69) is 18.8 Å². The predicted octanol–water partition coefficient (Wildman–Crippen LogP) is 9.10. The van der Waals surface area contributed by atoms with Gasteiger partial charge in [-0.1, -0.05) is 121 Å². The van der Waals surface area contributed by atoms with Crippen molar-refractivity contribution in [2.45, 2.75) is 90.9 Å². The summed E-state index contributed by atoms with van der Waals surface area (Å²) in [6.45, 7) is 5.69. The van der Waals surface area contributed by atoms with Crippen molar-refractivity contribution in [2.24, 2.45) is 0 Å². The Hall–Kier alpha value is -3.47. The van der Waals surface area contributed by atoms with Gasteiger partial charge in [-0.25, -0.2) is 4.98 Å². The lowest BCUT2D eigenvalue weighted by atomic mass is 10.1. The highest BCUT2D eigenvalue weighted by molar-refractivity contribution is 6.08. The molecule has 3 aromatic rings. The lowest BCUT2D eigenvalue weighted by Gasteiger charge is -2.24. The number of para-hydroxylation sites is 2. The number of aromatic nitrogens is 1. The molecule has 0 radical (unpaired) electrons. The average molecular weight is 542 g/mol. The van der Waals surface area contributed by atoms with Crippen LogP contribution < -0.4 is 9.80 Å². The Bertz CT molecular complexity index is 1050. The molecular weight excluding hydrogens is 494 g/mol. The Kier molecular flexibility index (Phi) is 14.0. The molecule has 3 rings (SSSR count). The highest BCUT2D eigenvalue weighted by Gasteiger charge is 2.23. The van der Waals surface area contributed by atoms with Crippen LogP contribution in [-0.2, 0) is 0 Å². The zero-order valence-corrected chi connectivity index (χ0v) is 24.6. The molecule has 0 saturated heterocycles. The van der Waals surface area contributed by atoms with Gasteiger partial charge in [0.1, 0.15) is 11.4 Å². The first kappa shape index (κ1) is 31.1. The zero-order valence-electron chi connectivity index (χ0n) is 24.6. The van der Waals surface area contributed by atoms with Crippen LogP contribution in [0.5, 0.6) is 0 Å². The first-order valence-corrected chi connectivity index (χ1v) is 15.4. The molecule has 5 heteroatoms. The third-order valence-electron chi connectivity index (χ3n) is 7.28. The second kappa shape index (κ2) is 18.0. The molecule has 0 spiro atoms. The van der Waals surface area contributed by atoms with E-state index in [-0.39, 0.29) is 11.8 Å². The van der Waals surface area contributed by atoms with Gasteiger partial charge < -0.3 is 9.80 Å². The van der Waals surface area contributed by atoms with E-state index in [1.165, 1.54) is 51.4 Å². The van der Waals surface area contributed by atoms with Crippen LogP contribution in [0.15, 0.2) is 78.9 Å². The molecule has 0 atom stereocenters. The van der Waals surface area contributed by atoms with Crippen LogP contribution in [0, 0.1) is 0 Å². The molecule has 0 aliphatic rings. The van der Waals surface area contributed by atoms with Gasteiger partial charge in [-0.3, -0.25) is 9.59 Å². The predicted molar refractivity (Wildman–Crippen MR) is 167 cm³/mol. The molecule has 0 aliphatic heterocycles. The van der Waals surface area contributed by atoms with Crippen LogP contribution in [0.1, 0.15) is 112 Å². The zero-order chi connectivity index (χ0) is 28.4. The van der Waals surface area contributed by atoms with Gasteiger partial charge in [-0.05, 0) is 49.2 Å². The van der Waals surface area contributed by atoms with Crippen molar-refractivity contribution in [1.29, 1.82) is 0 Å². The minimum absolute atomic E-state index is 0.170. The Morgan fingerprint density at radius 1 is 0.500 bits per heavy atom. The van der Waals surface area contributed by atoms with Crippen molar-refractivity contribution >= 4 is 23.2 Å². The summed E-state index contributed by atoms with van der Waals surface area (Å²) in [5.41, 5.74) is 2.31. The highest BCUT2D eigenvalue weighted by atomic mass is 16.2. The summed E-state index contributed by atoms with van der Waals surface area (Å²) < 4.78 is 0. The summed E-state index contributed by atoms with van der Waals surface area (Å²) >= 11 is 0. The molecule has 214 valence electrons. The summed E-state index contributed by atoms with van der Waals surface area (Å²) in [5, 5.41) is 0. The van der Waals surface area contributed by atoms with Gasteiger partial charge in [-0.2, -0.15) is 0 Å². The van der Waals surface area contributed by atoms with Crippen LogP contribution >= 0.6 is 0 Å². The Labute approximate surface area is 241 Å². The van der Waals surface area contributed by atoms with E-state index in [0.29, 0.717) is 24.5 Å². The van der Waals surface area contributed by atoms with E-state index in [0.717, 1.165) is 37.1 Å². The first-order valence-electron chi connectivity index (χ1n) is 15.4. The number of unbranched alkanes of at least 4 members (excludes halogenated alkanes) is 10. The van der Waals surface area contributed by atoms with Crippen LogP contribution in [0.4, 0.5) is 11.4 Å². The average Bonchev–Trinajstić information content (AvgIpc) is 3.01. The number of benzene rings is 2. The summed E-state index contributed by atoms with van der Waals surface area (Å²) in [5.74, 6) is -0.340. The maximum Gasteiger partial charge on any atom is 0.276 e. The third-order valence-corrected chi connectivity index (χ3v) is 7.28. The van der Waals surface area contributed by atoms with Crippen molar-refractivity contribution in [3.05, 3.63) is 90.3 Å². The van der Waals surface area contributed by atoms with Crippen LogP contribution in [-0.4, -0.2) is 29.9 Å². The Balaban J connectivity index is 1.75. The molecule has 0 unspecified atom stereocenters. The summed E-state index contributed by atoms with van der Waals surface area (Å²) in [6, 6.07) is 24.8. The lowest BCUT2D eigenvalue weighted by molar-refractivity contribution is 0.0977. The van der Waals surface area contributed by atoms with E-state index >= 15 is 0 Å². The van der Waals surface area contributed by atoms with Gasteiger partial charge in [0.15, 0.2) is 0 Å². The Morgan fingerprint density at radius 2 is 0.875 bits per heavy atom. The van der Waals surface area contributed by atoms with E-state index in [4.69, 9.17) is 0 Å². The van der Waals surface area contributed by atoms with Gasteiger partial charge in [0, 0.05) is 24.5 Å². The number of carbonyl (C=O) groups excluding carboxylic acids is 2. The van der Waals surface area contributed by atoms with Crippen LogP contribution in [0.3, 0.4) is 0 Å². The van der Waals surface area contributed by atoms with Gasteiger partial charge in [-0.15, -0.1) is 0 Å². The fourth-order valence-electron chi connectivity index (χ4n) is 4.96. The van der Waals surface area contributed by atoms with Crippen LogP contribution in [0.2, 0.25) is 0 Å². The van der Waals surface area contributed by atoms with E-state index < -0.39 is 0 Å². The Morgan fingerprint density at radius 3 is 1.27 bits per heavy atom. The van der Waals surface area contributed by atoms with E-state index in [1.807, 2.05) is 70.5 Å². The summed E-state index contributed by atoms with van der Waals surface area (Å²) in [6.07, 6.45) is 13.8. The van der Waals surface area contributed by atoms with Crippen molar-refractivity contribution < 1.29 is 9.59 Å². The molecule has 0 fully saturated rings. The quantitative estimate of drug-likeness (QED) is 0.151. The molecule has 1 heterocycles. The monoisotopic (exact) mass is 541 g/mol. The molecule has 0 N–H and O–H groups in total. The van der Waals surface area contributed by atoms with Crippen molar-refractivity contribution in [3.8, 4) is 0 Å². The SMILES string of the molecule is CCCCCCCCN(C(=O)c1cccc(C(=O)N(CCCCCCCC)c2ccccc2)n1)c1ccccc1. The molecule has 40 heavy (non-hydrogen) atoms. The maximum absolute atomic E-state index is 13.8. The molecule has 2 amide bonds. The number of rotatable bonds is 18. The standard InChI is InChI=1S/C35H47N3O2/c1-3-5-7-9-11-19-28-37(30-22-15-13-16-23-30)34(39)32-26-21-27-33(36-32)35(40)38(31-24-17-14-18-25-31)29-20-12-10-8-6-4-2/h13-18,21-27H,3-12,19-20,28-29H2,1-2H3. The number of pyridine rings is 1. The van der Waals surface area contributed by atoms with E-state index in [1.54, 1.807) is 18.2 Å². The second-order valence-corrected chi connectivity index (χ2v) is 10.5. The number of nitrogens with zero attached hydrogens (tertiary/aromatic N) is 3. The molecule has 0 saturated carbocycles. The molecular formula is C35H47N3O2. The van der Waals surface area contributed by atoms with Crippen molar-refractivity contribution in [3.63, 3.8) is 0 Å². The van der Waals surface area contributed by atoms with Crippen molar-refractivity contribution in [2.75, 3.05) is 22.9 Å². The van der Waals surface area contributed by atoms with Gasteiger partial charge in [0.05, 0.1) is 0 Å². The fourth-order valence-corrected chi connectivity index (χ4v) is 4.96. The number of hydrogen-bond acceptors (Lipinski definition) is 3. The summed E-state index contributed by atoms with van der Waals surface area (Å²) in [4.78, 5) is 35.8. The normalized spacial score (nSPS) is 10.8. The van der Waals surface area contributed by atoms with Crippen LogP contribution in [0.25, 0.3) is 0 Å². The molecule has 1 aromatic heterocycles. The van der Waals surface area contributed by atoms with Gasteiger partial charge in [0.2, 0.25) is 0 Å². The molecule has 5 nitrogen and oxygen atoms in total. The summed E-state index contributed by atoms with van der Waals surface area (Å²) in [7, 11) is 0. The molecule has 2 aromatic carbocycles. The fraction of sp³-hybridized carbons (Fsp3) is 0.457.